The highest BCUT2D eigenvalue weighted by Crippen LogP contribution is 2.18. The summed E-state index contributed by atoms with van der Waals surface area (Å²) < 4.78 is 5.57. The Balaban J connectivity index is 1.89. The molecule has 2 aromatic rings. The Morgan fingerprint density at radius 3 is 2.86 bits per heavy atom. The highest BCUT2D eigenvalue weighted by atomic mass is 16.5. The third-order valence-corrected chi connectivity index (χ3v) is 3.28. The molecule has 112 valence electrons. The molecule has 0 aliphatic carbocycles. The van der Waals surface area contributed by atoms with E-state index in [-0.39, 0.29) is 18.6 Å². The van der Waals surface area contributed by atoms with Crippen molar-refractivity contribution in [2.45, 2.75) is 33.2 Å². The Morgan fingerprint density at radius 1 is 1.43 bits per heavy atom. The van der Waals surface area contributed by atoms with Crippen LogP contribution in [0.2, 0.25) is 0 Å². The molecule has 0 saturated heterocycles. The van der Waals surface area contributed by atoms with Gasteiger partial charge in [-0.3, -0.25) is 4.79 Å². The van der Waals surface area contributed by atoms with E-state index in [9.17, 15) is 4.79 Å². The Labute approximate surface area is 124 Å². The van der Waals surface area contributed by atoms with Gasteiger partial charge in [-0.15, -0.1) is 0 Å². The molecule has 0 spiro atoms. The zero-order valence-corrected chi connectivity index (χ0v) is 12.6. The Kier molecular flexibility index (Phi) is 4.98. The van der Waals surface area contributed by atoms with E-state index < -0.39 is 0 Å². The van der Waals surface area contributed by atoms with E-state index in [1.54, 1.807) is 12.4 Å². The first-order valence-electron chi connectivity index (χ1n) is 7.09. The van der Waals surface area contributed by atoms with Gasteiger partial charge in [0.15, 0.2) is 6.61 Å². The first-order valence-corrected chi connectivity index (χ1v) is 7.09. The maximum atomic E-state index is 12.0. The maximum Gasteiger partial charge on any atom is 0.258 e. The quantitative estimate of drug-likeness (QED) is 0.858. The lowest BCUT2D eigenvalue weighted by molar-refractivity contribution is -0.123. The van der Waals surface area contributed by atoms with Crippen LogP contribution in [0.3, 0.4) is 0 Å². The van der Waals surface area contributed by atoms with Crippen LogP contribution < -0.4 is 10.1 Å². The maximum absolute atomic E-state index is 12.0. The van der Waals surface area contributed by atoms with Gasteiger partial charge in [0.25, 0.3) is 5.91 Å². The van der Waals surface area contributed by atoms with Gasteiger partial charge >= 0.3 is 0 Å². The second-order valence-corrected chi connectivity index (χ2v) is 5.06. The summed E-state index contributed by atoms with van der Waals surface area (Å²) in [6.45, 7) is 6.00. The summed E-state index contributed by atoms with van der Waals surface area (Å²) in [6, 6.07) is 5.78. The fraction of sp³-hybridized carbons (Fsp3) is 0.375. The zero-order valence-electron chi connectivity index (χ0n) is 12.6. The van der Waals surface area contributed by atoms with E-state index in [1.807, 2.05) is 39.0 Å². The number of carbonyl (C=O) groups excluding carboxylic acids is 1. The number of aryl methyl sites for hydroxylation is 2. The van der Waals surface area contributed by atoms with Crippen molar-refractivity contribution < 1.29 is 9.53 Å². The van der Waals surface area contributed by atoms with E-state index in [0.717, 1.165) is 23.6 Å². The average Bonchev–Trinajstić information content (AvgIpc) is 2.98. The first-order chi connectivity index (χ1) is 10.1. The van der Waals surface area contributed by atoms with Crippen LogP contribution in [0.4, 0.5) is 0 Å². The van der Waals surface area contributed by atoms with Gasteiger partial charge in [-0.1, -0.05) is 24.6 Å². The summed E-state index contributed by atoms with van der Waals surface area (Å²) in [5, 5.41) is 2.91. The van der Waals surface area contributed by atoms with Gasteiger partial charge in [0, 0.05) is 12.4 Å². The van der Waals surface area contributed by atoms with Crippen LogP contribution in [0.1, 0.15) is 36.3 Å². The molecule has 1 amide bonds. The van der Waals surface area contributed by atoms with Crippen molar-refractivity contribution in [3.63, 3.8) is 0 Å². The molecular weight excluding hydrogens is 266 g/mol. The molecule has 1 unspecified atom stereocenters. The lowest BCUT2D eigenvalue weighted by Crippen LogP contribution is -2.33. The fourth-order valence-corrected chi connectivity index (χ4v) is 2.17. The fourth-order valence-electron chi connectivity index (χ4n) is 2.17. The first kappa shape index (κ1) is 15.1. The second-order valence-electron chi connectivity index (χ2n) is 5.06. The van der Waals surface area contributed by atoms with Gasteiger partial charge < -0.3 is 15.0 Å². The number of amides is 1. The molecule has 1 atom stereocenters. The number of hydrogen-bond acceptors (Lipinski definition) is 3. The molecule has 0 saturated carbocycles. The average molecular weight is 287 g/mol. The summed E-state index contributed by atoms with van der Waals surface area (Å²) in [5.74, 6) is 1.34. The van der Waals surface area contributed by atoms with E-state index >= 15 is 0 Å². The number of imidazole rings is 1. The minimum atomic E-state index is -0.154. The lowest BCUT2D eigenvalue weighted by atomic mass is 10.1. The highest BCUT2D eigenvalue weighted by Gasteiger charge is 2.15. The lowest BCUT2D eigenvalue weighted by Gasteiger charge is -2.15. The minimum Gasteiger partial charge on any atom is -0.484 e. The Hall–Kier alpha value is -2.30. The van der Waals surface area contributed by atoms with Gasteiger partial charge in [0.2, 0.25) is 0 Å². The molecule has 2 rings (SSSR count). The molecule has 0 aliphatic rings. The van der Waals surface area contributed by atoms with Crippen molar-refractivity contribution in [1.29, 1.82) is 0 Å². The molecular formula is C16H21N3O2. The normalized spacial score (nSPS) is 12.0. The van der Waals surface area contributed by atoms with Crippen LogP contribution in [0, 0.1) is 13.8 Å². The van der Waals surface area contributed by atoms with Crippen molar-refractivity contribution in [2.24, 2.45) is 0 Å². The van der Waals surface area contributed by atoms with Gasteiger partial charge in [0.1, 0.15) is 11.6 Å². The van der Waals surface area contributed by atoms with E-state index in [0.29, 0.717) is 0 Å². The number of aromatic nitrogens is 2. The third-order valence-electron chi connectivity index (χ3n) is 3.28. The predicted molar refractivity (Wildman–Crippen MR) is 81.2 cm³/mol. The van der Waals surface area contributed by atoms with E-state index in [1.165, 1.54) is 5.56 Å². The van der Waals surface area contributed by atoms with Crippen LogP contribution in [0.25, 0.3) is 0 Å². The summed E-state index contributed by atoms with van der Waals surface area (Å²) in [4.78, 5) is 19.2. The van der Waals surface area contributed by atoms with Gasteiger partial charge in [-0.25, -0.2) is 4.98 Å². The summed E-state index contributed by atoms with van der Waals surface area (Å²) in [7, 11) is 0. The van der Waals surface area contributed by atoms with Crippen LogP contribution in [0.15, 0.2) is 30.6 Å². The third kappa shape index (κ3) is 4.08. The number of hydrogen-bond donors (Lipinski definition) is 2. The number of nitrogens with one attached hydrogen (secondary N) is 2. The summed E-state index contributed by atoms with van der Waals surface area (Å²) in [5.41, 5.74) is 2.20. The molecule has 0 aliphatic heterocycles. The topological polar surface area (TPSA) is 67.0 Å². The summed E-state index contributed by atoms with van der Waals surface area (Å²) in [6.07, 6.45) is 4.19. The van der Waals surface area contributed by atoms with Gasteiger partial charge in [0.05, 0.1) is 6.04 Å². The predicted octanol–water partition coefficient (Wildman–Crippen LogP) is 2.67. The molecule has 21 heavy (non-hydrogen) atoms. The van der Waals surface area contributed by atoms with Crippen molar-refractivity contribution in [3.05, 3.63) is 47.5 Å². The molecule has 1 aromatic carbocycles. The number of benzene rings is 1. The molecule has 0 fully saturated rings. The van der Waals surface area contributed by atoms with Crippen LogP contribution in [0.5, 0.6) is 5.75 Å². The van der Waals surface area contributed by atoms with Crippen molar-refractivity contribution >= 4 is 5.91 Å². The largest absolute Gasteiger partial charge is 0.484 e. The van der Waals surface area contributed by atoms with Crippen LogP contribution >= 0.6 is 0 Å². The molecule has 1 heterocycles. The van der Waals surface area contributed by atoms with Crippen molar-refractivity contribution in [1.82, 2.24) is 15.3 Å². The smallest absolute Gasteiger partial charge is 0.258 e. The molecule has 5 nitrogen and oxygen atoms in total. The van der Waals surface area contributed by atoms with E-state index in [2.05, 4.69) is 15.3 Å². The van der Waals surface area contributed by atoms with Crippen molar-refractivity contribution in [3.8, 4) is 5.75 Å². The van der Waals surface area contributed by atoms with Crippen molar-refractivity contribution in [2.75, 3.05) is 6.61 Å². The second kappa shape index (κ2) is 6.92. The summed E-state index contributed by atoms with van der Waals surface area (Å²) >= 11 is 0. The Bertz CT molecular complexity index is 594. The number of rotatable bonds is 6. The van der Waals surface area contributed by atoms with Crippen LogP contribution in [-0.2, 0) is 4.79 Å². The number of aromatic amines is 1. The monoisotopic (exact) mass is 287 g/mol. The van der Waals surface area contributed by atoms with Crippen LogP contribution in [-0.4, -0.2) is 22.5 Å². The molecule has 1 aromatic heterocycles. The SMILES string of the molecule is CCC(NC(=O)COc1ccc(C)cc1C)c1ncc[nH]1. The number of carbonyl (C=O) groups is 1. The van der Waals surface area contributed by atoms with Gasteiger partial charge in [-0.2, -0.15) is 0 Å². The molecule has 0 radical (unpaired) electrons. The molecule has 5 heteroatoms. The molecule has 0 bridgehead atoms. The zero-order chi connectivity index (χ0) is 15.2. The highest BCUT2D eigenvalue weighted by molar-refractivity contribution is 5.78. The Morgan fingerprint density at radius 2 is 2.24 bits per heavy atom. The minimum absolute atomic E-state index is 0.00110. The standard InChI is InChI=1S/C16H21N3O2/c1-4-13(16-17-7-8-18-16)19-15(20)10-21-14-6-5-11(2)9-12(14)3/h5-9,13H,4,10H2,1-3H3,(H,17,18)(H,19,20). The van der Waals surface area contributed by atoms with Gasteiger partial charge in [-0.05, 0) is 31.9 Å². The number of nitrogens with zero attached hydrogens (tertiary/aromatic N) is 1. The van der Waals surface area contributed by atoms with E-state index in [4.69, 9.17) is 4.74 Å². The number of H-pyrrole nitrogens is 1. The number of ether oxygens (including phenoxy) is 1. The molecule has 2 N–H and O–H groups in total.